The molecule has 1 aliphatic carbocycles. The van der Waals surface area contributed by atoms with Crippen LogP contribution in [-0.4, -0.2) is 36.1 Å². The van der Waals surface area contributed by atoms with Crippen LogP contribution in [0.1, 0.15) is 36.5 Å². The van der Waals surface area contributed by atoms with Crippen LogP contribution in [-0.2, 0) is 16.6 Å². The van der Waals surface area contributed by atoms with E-state index in [-0.39, 0.29) is 17.8 Å². The largest absolute Gasteiger partial charge is 0.481 e. The molecule has 5 heteroatoms. The number of benzene rings is 2. The van der Waals surface area contributed by atoms with Gasteiger partial charge in [-0.3, -0.25) is 4.79 Å². The van der Waals surface area contributed by atoms with Crippen LogP contribution in [0.2, 0.25) is 10.0 Å². The molecule has 27 heavy (non-hydrogen) atoms. The van der Waals surface area contributed by atoms with Gasteiger partial charge in [0.25, 0.3) is 0 Å². The number of nitrogens with zero attached hydrogens (tertiary/aromatic N) is 1. The summed E-state index contributed by atoms with van der Waals surface area (Å²) in [6.45, 7) is 3.60. The lowest BCUT2D eigenvalue weighted by atomic mass is 9.67. The molecule has 0 amide bonds. The van der Waals surface area contributed by atoms with Crippen LogP contribution < -0.4 is 0 Å². The Balaban J connectivity index is 1.99. The molecule has 0 heterocycles. The first kappa shape index (κ1) is 20.2. The quantitative estimate of drug-likeness (QED) is 0.681. The highest BCUT2D eigenvalue weighted by Crippen LogP contribution is 2.50. The molecule has 0 bridgehead atoms. The minimum Gasteiger partial charge on any atom is -0.481 e. The van der Waals surface area contributed by atoms with Crippen molar-refractivity contribution in [2.45, 2.75) is 31.6 Å². The lowest BCUT2D eigenvalue weighted by Gasteiger charge is -2.39. The maximum Gasteiger partial charge on any atom is 0.304 e. The molecular formula is C22H25Cl2NO2. The van der Waals surface area contributed by atoms with E-state index >= 15 is 0 Å². The fraction of sp³-hybridized carbons (Fsp3) is 0.409. The van der Waals surface area contributed by atoms with Crippen molar-refractivity contribution in [2.75, 3.05) is 20.1 Å². The Morgan fingerprint density at radius 3 is 2.52 bits per heavy atom. The van der Waals surface area contributed by atoms with Gasteiger partial charge < -0.3 is 10.0 Å². The number of carbonyl (C=O) groups is 1. The average Bonchev–Trinajstić information content (AvgIpc) is 3.00. The molecule has 0 radical (unpaired) electrons. The van der Waals surface area contributed by atoms with E-state index in [0.29, 0.717) is 6.54 Å². The number of fused-ring (bicyclic) bond motifs is 1. The zero-order chi connectivity index (χ0) is 19.6. The van der Waals surface area contributed by atoms with Crippen LogP contribution >= 0.6 is 23.2 Å². The molecule has 0 aromatic heterocycles. The Morgan fingerprint density at radius 2 is 1.85 bits per heavy atom. The smallest absolute Gasteiger partial charge is 0.304 e. The molecule has 0 unspecified atom stereocenters. The summed E-state index contributed by atoms with van der Waals surface area (Å²) in [6.07, 6.45) is 2.18. The van der Waals surface area contributed by atoms with Gasteiger partial charge in [-0.25, -0.2) is 0 Å². The fourth-order valence-corrected chi connectivity index (χ4v) is 4.79. The molecule has 3 nitrogen and oxygen atoms in total. The highest BCUT2D eigenvalue weighted by atomic mass is 35.5. The Hall–Kier alpha value is -1.55. The van der Waals surface area contributed by atoms with Crippen molar-refractivity contribution >= 4 is 29.2 Å². The predicted molar refractivity (Wildman–Crippen MR) is 111 cm³/mol. The van der Waals surface area contributed by atoms with Gasteiger partial charge in [-0.1, -0.05) is 48.3 Å². The third kappa shape index (κ3) is 4.16. The van der Waals surface area contributed by atoms with Crippen LogP contribution in [0.3, 0.4) is 0 Å². The van der Waals surface area contributed by atoms with Crippen molar-refractivity contribution in [1.82, 2.24) is 4.90 Å². The summed E-state index contributed by atoms with van der Waals surface area (Å²) in [7, 11) is 1.99. The molecular weight excluding hydrogens is 381 g/mol. The molecule has 2 aromatic carbocycles. The molecule has 1 N–H and O–H groups in total. The minimum atomic E-state index is -0.764. The summed E-state index contributed by atoms with van der Waals surface area (Å²) in [4.78, 5) is 13.0. The summed E-state index contributed by atoms with van der Waals surface area (Å²) >= 11 is 12.5. The number of hydrogen-bond donors (Lipinski definition) is 1. The Morgan fingerprint density at radius 1 is 1.19 bits per heavy atom. The normalized spacial score (nSPS) is 19.9. The summed E-state index contributed by atoms with van der Waals surface area (Å²) in [5.41, 5.74) is 3.72. The molecule has 0 saturated heterocycles. The Labute approximate surface area is 170 Å². The molecule has 2 atom stereocenters. The van der Waals surface area contributed by atoms with Gasteiger partial charge in [0, 0.05) is 28.5 Å². The number of aliphatic carboxylic acids is 1. The second kappa shape index (κ2) is 8.22. The van der Waals surface area contributed by atoms with Crippen LogP contribution in [0.4, 0.5) is 0 Å². The van der Waals surface area contributed by atoms with Crippen LogP contribution in [0, 0.1) is 5.92 Å². The average molecular weight is 406 g/mol. The van der Waals surface area contributed by atoms with Gasteiger partial charge >= 0.3 is 5.97 Å². The Kier molecular flexibility index (Phi) is 6.15. The van der Waals surface area contributed by atoms with Crippen LogP contribution in [0.5, 0.6) is 0 Å². The highest BCUT2D eigenvalue weighted by molar-refractivity contribution is 6.31. The van der Waals surface area contributed by atoms with E-state index in [9.17, 15) is 4.79 Å². The first-order chi connectivity index (χ1) is 12.8. The van der Waals surface area contributed by atoms with Crippen molar-refractivity contribution in [2.24, 2.45) is 5.92 Å². The molecule has 0 aliphatic heterocycles. The van der Waals surface area contributed by atoms with E-state index in [0.717, 1.165) is 29.4 Å². The second-order valence-corrected chi connectivity index (χ2v) is 8.46. The lowest BCUT2D eigenvalue weighted by Crippen LogP contribution is -2.40. The van der Waals surface area contributed by atoms with Crippen LogP contribution in [0.15, 0.2) is 42.5 Å². The van der Waals surface area contributed by atoms with Crippen molar-refractivity contribution in [1.29, 1.82) is 0 Å². The van der Waals surface area contributed by atoms with Gasteiger partial charge in [0.15, 0.2) is 0 Å². The van der Waals surface area contributed by atoms with E-state index in [2.05, 4.69) is 36.1 Å². The molecule has 1 aliphatic rings. The molecule has 3 rings (SSSR count). The number of carboxylic acid groups (broad SMARTS) is 1. The number of aryl methyl sites for hydroxylation is 1. The van der Waals surface area contributed by atoms with E-state index in [4.69, 9.17) is 28.3 Å². The van der Waals surface area contributed by atoms with Crippen molar-refractivity contribution in [3.63, 3.8) is 0 Å². The third-order valence-electron chi connectivity index (χ3n) is 5.83. The number of rotatable bonds is 7. The van der Waals surface area contributed by atoms with E-state index < -0.39 is 5.97 Å². The number of carboxylic acids is 1. The van der Waals surface area contributed by atoms with E-state index in [1.165, 1.54) is 16.7 Å². The van der Waals surface area contributed by atoms with Crippen molar-refractivity contribution in [3.8, 4) is 0 Å². The lowest BCUT2D eigenvalue weighted by molar-refractivity contribution is -0.137. The zero-order valence-electron chi connectivity index (χ0n) is 15.7. The summed E-state index contributed by atoms with van der Waals surface area (Å²) in [5.74, 6) is -0.475. The standard InChI is InChI=1S/C22H25Cl2NO2/c1-15(14-25(2)12-10-21(26)27)22(17-4-7-18(23)8-5-17)11-9-16-3-6-19(24)13-20(16)22/h3-8,13,15H,9-12,14H2,1-2H3,(H,26,27)/t15-,22+/m1/s1. The van der Waals surface area contributed by atoms with E-state index in [1.807, 2.05) is 25.2 Å². The van der Waals surface area contributed by atoms with Gasteiger partial charge in [-0.2, -0.15) is 0 Å². The monoisotopic (exact) mass is 405 g/mol. The summed E-state index contributed by atoms with van der Waals surface area (Å²) in [6, 6.07) is 14.3. The first-order valence-corrected chi connectivity index (χ1v) is 10.0. The molecule has 2 aromatic rings. The van der Waals surface area contributed by atoms with E-state index in [1.54, 1.807) is 0 Å². The fourth-order valence-electron chi connectivity index (χ4n) is 4.49. The van der Waals surface area contributed by atoms with Gasteiger partial charge in [0.1, 0.15) is 0 Å². The van der Waals surface area contributed by atoms with Crippen molar-refractivity contribution < 1.29 is 9.90 Å². The number of hydrogen-bond acceptors (Lipinski definition) is 2. The van der Waals surface area contributed by atoms with Gasteiger partial charge in [0.05, 0.1) is 6.42 Å². The minimum absolute atomic E-state index is 0.150. The molecule has 0 saturated carbocycles. The first-order valence-electron chi connectivity index (χ1n) is 9.28. The zero-order valence-corrected chi connectivity index (χ0v) is 17.2. The SMILES string of the molecule is C[C@H](CN(C)CCC(=O)O)[C@]1(c2ccc(Cl)cc2)CCc2ccc(Cl)cc21. The Bertz CT molecular complexity index is 822. The van der Waals surface area contributed by atoms with Crippen molar-refractivity contribution in [3.05, 3.63) is 69.2 Å². The molecule has 0 fully saturated rings. The van der Waals surface area contributed by atoms with Gasteiger partial charge in [-0.15, -0.1) is 0 Å². The topological polar surface area (TPSA) is 40.5 Å². The number of halogens is 2. The second-order valence-electron chi connectivity index (χ2n) is 7.59. The highest BCUT2D eigenvalue weighted by Gasteiger charge is 2.44. The maximum absolute atomic E-state index is 10.9. The third-order valence-corrected chi connectivity index (χ3v) is 6.32. The summed E-state index contributed by atoms with van der Waals surface area (Å²) in [5, 5.41) is 10.4. The predicted octanol–water partition coefficient (Wildman–Crippen LogP) is 5.27. The van der Waals surface area contributed by atoms with Crippen LogP contribution in [0.25, 0.3) is 0 Å². The maximum atomic E-state index is 10.9. The van der Waals surface area contributed by atoms with Gasteiger partial charge in [-0.05, 0) is 66.8 Å². The molecule has 144 valence electrons. The van der Waals surface area contributed by atoms with Gasteiger partial charge in [0.2, 0.25) is 0 Å². The molecule has 0 spiro atoms. The summed E-state index contributed by atoms with van der Waals surface area (Å²) < 4.78 is 0.